The lowest BCUT2D eigenvalue weighted by molar-refractivity contribution is -0.135. The molecule has 0 bridgehead atoms. The number of nitrogens with zero attached hydrogens (tertiary/aromatic N) is 1. The summed E-state index contributed by atoms with van der Waals surface area (Å²) in [6, 6.07) is 0. The maximum Gasteiger partial charge on any atom is 0.364 e. The summed E-state index contributed by atoms with van der Waals surface area (Å²) in [6.45, 7) is 1.74. The second-order valence-electron chi connectivity index (χ2n) is 2.37. The van der Waals surface area contributed by atoms with E-state index < -0.39 is 17.5 Å². The van der Waals surface area contributed by atoms with Gasteiger partial charge in [-0.1, -0.05) is 5.16 Å². The van der Waals surface area contributed by atoms with Crippen LogP contribution in [0.4, 0.5) is 0 Å². The number of ketones is 1. The van der Waals surface area contributed by atoms with Crippen molar-refractivity contribution in [1.29, 1.82) is 0 Å². The number of esters is 1. The molecule has 0 rings (SSSR count). The van der Waals surface area contributed by atoms with Crippen molar-refractivity contribution >= 4 is 41.9 Å². The Morgan fingerprint density at radius 2 is 2.20 bits per heavy atom. The molecule has 0 aromatic heterocycles. The van der Waals surface area contributed by atoms with Gasteiger partial charge < -0.3 is 9.94 Å². The largest absolute Gasteiger partial charge is 0.461 e. The molecule has 0 amide bonds. The van der Waals surface area contributed by atoms with Crippen LogP contribution in [0.5, 0.6) is 0 Å². The summed E-state index contributed by atoms with van der Waals surface area (Å²) < 4.78 is 4.55. The van der Waals surface area contributed by atoms with Crippen molar-refractivity contribution in [3.05, 3.63) is 0 Å². The van der Waals surface area contributed by atoms with Crippen LogP contribution in [-0.4, -0.2) is 46.5 Å². The minimum atomic E-state index is -0.892. The standard InChI is InChI=1S/C8H13NO4S2/c1-2-13-8(11)7(9-12)6(10)5-15-4-3-14/h12,14H,2-5H2,1H3. The smallest absolute Gasteiger partial charge is 0.364 e. The predicted octanol–water partition coefficient (Wildman–Crippen LogP) is 0.612. The molecule has 0 saturated heterocycles. The highest BCUT2D eigenvalue weighted by Crippen LogP contribution is 2.02. The Labute approximate surface area is 97.7 Å². The van der Waals surface area contributed by atoms with Crippen LogP contribution < -0.4 is 0 Å². The zero-order chi connectivity index (χ0) is 11.7. The average Bonchev–Trinajstić information content (AvgIpc) is 2.19. The minimum Gasteiger partial charge on any atom is -0.461 e. The minimum absolute atomic E-state index is 0.0821. The molecule has 0 atom stereocenters. The number of rotatable bonds is 7. The molecule has 86 valence electrons. The van der Waals surface area contributed by atoms with Crippen LogP contribution in [-0.2, 0) is 14.3 Å². The third kappa shape index (κ3) is 5.68. The number of hydrogen-bond donors (Lipinski definition) is 2. The lowest BCUT2D eigenvalue weighted by atomic mass is 10.3. The van der Waals surface area contributed by atoms with Crippen LogP contribution >= 0.6 is 24.4 Å². The lowest BCUT2D eigenvalue weighted by Crippen LogP contribution is -2.28. The number of carbonyl (C=O) groups is 2. The monoisotopic (exact) mass is 251 g/mol. The van der Waals surface area contributed by atoms with Gasteiger partial charge in [0.15, 0.2) is 0 Å². The van der Waals surface area contributed by atoms with Crippen LogP contribution in [0.25, 0.3) is 0 Å². The Hall–Kier alpha value is -0.690. The van der Waals surface area contributed by atoms with E-state index in [2.05, 4.69) is 22.5 Å². The molecule has 15 heavy (non-hydrogen) atoms. The average molecular weight is 251 g/mol. The maximum absolute atomic E-state index is 11.3. The van der Waals surface area contributed by atoms with Gasteiger partial charge in [-0.05, 0) is 12.7 Å². The highest BCUT2D eigenvalue weighted by atomic mass is 32.2. The molecule has 0 radical (unpaired) electrons. The molecule has 0 aromatic carbocycles. The van der Waals surface area contributed by atoms with Gasteiger partial charge >= 0.3 is 5.97 Å². The van der Waals surface area contributed by atoms with Crippen molar-refractivity contribution in [1.82, 2.24) is 0 Å². The van der Waals surface area contributed by atoms with Gasteiger partial charge in [0.2, 0.25) is 11.5 Å². The third-order valence-electron chi connectivity index (χ3n) is 1.30. The number of oxime groups is 1. The molecule has 0 aliphatic heterocycles. The summed E-state index contributed by atoms with van der Waals surface area (Å²) in [7, 11) is 0. The number of thiol groups is 1. The zero-order valence-electron chi connectivity index (χ0n) is 8.30. The highest BCUT2D eigenvalue weighted by molar-refractivity contribution is 8.00. The van der Waals surface area contributed by atoms with E-state index in [9.17, 15) is 9.59 Å². The number of ether oxygens (including phenoxy) is 1. The molecule has 0 unspecified atom stereocenters. The van der Waals surface area contributed by atoms with E-state index in [1.165, 1.54) is 11.8 Å². The Morgan fingerprint density at radius 3 is 2.67 bits per heavy atom. The zero-order valence-corrected chi connectivity index (χ0v) is 10.0. The van der Waals surface area contributed by atoms with Crippen LogP contribution in [0.1, 0.15) is 6.92 Å². The molecule has 1 N–H and O–H groups in total. The van der Waals surface area contributed by atoms with Gasteiger partial charge in [-0.25, -0.2) is 4.79 Å². The lowest BCUT2D eigenvalue weighted by Gasteiger charge is -2.02. The van der Waals surface area contributed by atoms with Crippen LogP contribution in [0.3, 0.4) is 0 Å². The van der Waals surface area contributed by atoms with Gasteiger partial charge in [-0.2, -0.15) is 24.4 Å². The first-order valence-corrected chi connectivity index (χ1v) is 6.07. The number of thioether (sulfide) groups is 1. The summed E-state index contributed by atoms with van der Waals surface area (Å²) in [4.78, 5) is 22.4. The van der Waals surface area contributed by atoms with Gasteiger partial charge in [-0.3, -0.25) is 4.79 Å². The molecule has 0 saturated carbocycles. The van der Waals surface area contributed by atoms with Gasteiger partial charge in [-0.15, -0.1) is 0 Å². The Kier molecular flexibility index (Phi) is 8.21. The Bertz CT molecular complexity index is 255. The normalized spacial score (nSPS) is 11.2. The van der Waals surface area contributed by atoms with Crippen molar-refractivity contribution < 1.29 is 19.5 Å². The third-order valence-corrected chi connectivity index (χ3v) is 2.79. The van der Waals surface area contributed by atoms with Crippen molar-refractivity contribution in [2.45, 2.75) is 6.92 Å². The maximum atomic E-state index is 11.3. The summed E-state index contributed by atoms with van der Waals surface area (Å²) >= 11 is 5.28. The summed E-state index contributed by atoms with van der Waals surface area (Å²) in [5.41, 5.74) is -0.552. The molecule has 0 aliphatic rings. The number of carbonyl (C=O) groups excluding carboxylic acids is 2. The summed E-state index contributed by atoms with van der Waals surface area (Å²) in [5, 5.41) is 11.1. The van der Waals surface area contributed by atoms with E-state index in [-0.39, 0.29) is 12.4 Å². The quantitative estimate of drug-likeness (QED) is 0.132. The molecule has 7 heteroatoms. The molecular weight excluding hydrogens is 238 g/mol. The fourth-order valence-electron chi connectivity index (χ4n) is 0.708. The van der Waals surface area contributed by atoms with Crippen molar-refractivity contribution in [2.75, 3.05) is 23.9 Å². The highest BCUT2D eigenvalue weighted by Gasteiger charge is 2.21. The van der Waals surface area contributed by atoms with Crippen molar-refractivity contribution in [3.63, 3.8) is 0 Å². The molecule has 0 aromatic rings. The molecule has 0 heterocycles. The Balaban J connectivity index is 4.18. The van der Waals surface area contributed by atoms with E-state index in [1.807, 2.05) is 0 Å². The first kappa shape index (κ1) is 14.3. The van der Waals surface area contributed by atoms with E-state index in [0.29, 0.717) is 11.5 Å². The second kappa shape index (κ2) is 8.60. The van der Waals surface area contributed by atoms with Gasteiger partial charge in [0.25, 0.3) is 0 Å². The first-order valence-electron chi connectivity index (χ1n) is 4.28. The summed E-state index contributed by atoms with van der Waals surface area (Å²) in [5.74, 6) is -0.0165. The Morgan fingerprint density at radius 1 is 1.53 bits per heavy atom. The van der Waals surface area contributed by atoms with E-state index >= 15 is 0 Å². The topological polar surface area (TPSA) is 76.0 Å². The molecule has 0 fully saturated rings. The van der Waals surface area contributed by atoms with E-state index in [4.69, 9.17) is 5.21 Å². The SMILES string of the molecule is CCOC(=O)C(=NO)C(=O)CSCCS. The molecule has 5 nitrogen and oxygen atoms in total. The van der Waals surface area contributed by atoms with Crippen LogP contribution in [0, 0.1) is 0 Å². The number of Topliss-reactive ketones (excluding diaryl/α,β-unsaturated/α-hetero) is 1. The fourth-order valence-corrected chi connectivity index (χ4v) is 1.69. The first-order chi connectivity index (χ1) is 7.17. The van der Waals surface area contributed by atoms with E-state index in [1.54, 1.807) is 6.92 Å². The van der Waals surface area contributed by atoms with Gasteiger partial charge in [0.1, 0.15) is 0 Å². The van der Waals surface area contributed by atoms with Crippen molar-refractivity contribution in [3.8, 4) is 0 Å². The number of hydrogen-bond acceptors (Lipinski definition) is 7. The second-order valence-corrected chi connectivity index (χ2v) is 3.92. The fraction of sp³-hybridized carbons (Fsp3) is 0.625. The van der Waals surface area contributed by atoms with Crippen LogP contribution in [0.2, 0.25) is 0 Å². The van der Waals surface area contributed by atoms with Crippen LogP contribution in [0.15, 0.2) is 5.16 Å². The molecule has 0 aliphatic carbocycles. The summed E-state index contributed by atoms with van der Waals surface area (Å²) in [6.07, 6.45) is 0. The molecule has 0 spiro atoms. The van der Waals surface area contributed by atoms with Gasteiger partial charge in [0.05, 0.1) is 12.4 Å². The molecular formula is C8H13NO4S2. The van der Waals surface area contributed by atoms with Crippen molar-refractivity contribution in [2.24, 2.45) is 5.16 Å². The van der Waals surface area contributed by atoms with E-state index in [0.717, 1.165) is 0 Å². The van der Waals surface area contributed by atoms with Gasteiger partial charge in [0, 0.05) is 5.75 Å². The predicted molar refractivity (Wildman–Crippen MR) is 62.0 cm³/mol.